The topological polar surface area (TPSA) is 82.7 Å². The molecular formula is C27H39ClN4O3S2. The Kier molecular flexibility index (Phi) is 11.3. The number of ether oxygens (including phenoxy) is 1. The third-order valence-corrected chi connectivity index (χ3v) is 7.79. The van der Waals surface area contributed by atoms with Gasteiger partial charge in [-0.15, -0.1) is 12.4 Å². The fourth-order valence-corrected chi connectivity index (χ4v) is 5.78. The summed E-state index contributed by atoms with van der Waals surface area (Å²) in [5.41, 5.74) is 1.77. The highest BCUT2D eigenvalue weighted by molar-refractivity contribution is 7.92. The molecule has 0 bridgehead atoms. The molecule has 1 saturated carbocycles. The van der Waals surface area contributed by atoms with E-state index in [1.807, 2.05) is 12.1 Å². The van der Waals surface area contributed by atoms with E-state index in [-0.39, 0.29) is 12.4 Å². The van der Waals surface area contributed by atoms with E-state index in [1.165, 1.54) is 37.7 Å². The summed E-state index contributed by atoms with van der Waals surface area (Å²) in [5.74, 6) is 2.18. The quantitative estimate of drug-likeness (QED) is 0.356. The number of hydrogen-bond acceptors (Lipinski definition) is 5. The van der Waals surface area contributed by atoms with Crippen LogP contribution in [0.1, 0.15) is 50.5 Å². The summed E-state index contributed by atoms with van der Waals surface area (Å²) in [6.07, 6.45) is 10.1. The second-order valence-electron chi connectivity index (χ2n) is 10.1. The van der Waals surface area contributed by atoms with E-state index in [1.54, 1.807) is 24.3 Å². The van der Waals surface area contributed by atoms with E-state index in [9.17, 15) is 8.42 Å². The molecule has 0 spiro atoms. The van der Waals surface area contributed by atoms with Crippen LogP contribution in [0.2, 0.25) is 0 Å². The lowest BCUT2D eigenvalue weighted by Crippen LogP contribution is -2.48. The Morgan fingerprint density at radius 2 is 1.54 bits per heavy atom. The van der Waals surface area contributed by atoms with E-state index in [2.05, 4.69) is 32.4 Å². The highest BCUT2D eigenvalue weighted by Crippen LogP contribution is 2.25. The summed E-state index contributed by atoms with van der Waals surface area (Å²) in [4.78, 5) is 2.49. The number of likely N-dealkylation sites (tertiary alicyclic amines) is 1. The molecule has 2 fully saturated rings. The Hall–Kier alpha value is -2.07. The summed E-state index contributed by atoms with van der Waals surface area (Å²) in [6.45, 7) is 4.03. The van der Waals surface area contributed by atoms with Crippen LogP contribution in [0, 0.1) is 5.92 Å². The number of rotatable bonds is 9. The molecule has 0 amide bonds. The van der Waals surface area contributed by atoms with Crippen LogP contribution in [0.15, 0.2) is 48.5 Å². The smallest absolute Gasteiger partial charge is 0.229 e. The Morgan fingerprint density at radius 3 is 2.14 bits per heavy atom. The average Bonchev–Trinajstić information content (AvgIpc) is 2.86. The maximum Gasteiger partial charge on any atom is 0.229 e. The standard InChI is InChI=1S/C27H38N4O3S2.ClH/c1-36(32,33)30-24-9-13-26(14-10-24)34-25-11-7-22(8-12-25)20-31-17-15-23(16-18-31)29-27(35)28-19-21-5-3-2-4-6-21;/h7-14,21,23,30H,2-6,15-20H2,1H3,(H2,28,29,35);1H. The van der Waals surface area contributed by atoms with E-state index < -0.39 is 10.0 Å². The number of halogens is 1. The van der Waals surface area contributed by atoms with E-state index in [0.29, 0.717) is 17.5 Å². The van der Waals surface area contributed by atoms with Crippen molar-refractivity contribution in [3.63, 3.8) is 0 Å². The summed E-state index contributed by atoms with van der Waals surface area (Å²) in [5, 5.41) is 7.80. The number of nitrogens with zero attached hydrogens (tertiary/aromatic N) is 1. The highest BCUT2D eigenvalue weighted by atomic mass is 35.5. The van der Waals surface area contributed by atoms with Crippen LogP contribution in [0.3, 0.4) is 0 Å². The second kappa shape index (κ2) is 14.2. The van der Waals surface area contributed by atoms with Gasteiger partial charge in [0.1, 0.15) is 11.5 Å². The fraction of sp³-hybridized carbons (Fsp3) is 0.519. The molecule has 1 aliphatic heterocycles. The minimum atomic E-state index is -3.29. The van der Waals surface area contributed by atoms with Crippen LogP contribution in [0.25, 0.3) is 0 Å². The minimum Gasteiger partial charge on any atom is -0.457 e. The first-order valence-corrected chi connectivity index (χ1v) is 15.2. The van der Waals surface area contributed by atoms with E-state index >= 15 is 0 Å². The first-order chi connectivity index (χ1) is 17.3. The van der Waals surface area contributed by atoms with Crippen molar-refractivity contribution in [2.75, 3.05) is 30.6 Å². The Balaban J connectivity index is 0.00000380. The monoisotopic (exact) mass is 566 g/mol. The van der Waals surface area contributed by atoms with Gasteiger partial charge in [-0.25, -0.2) is 8.42 Å². The number of anilines is 1. The van der Waals surface area contributed by atoms with Gasteiger partial charge in [-0.2, -0.15) is 0 Å². The molecule has 2 aromatic carbocycles. The maximum absolute atomic E-state index is 11.3. The normalized spacial score (nSPS) is 17.4. The average molecular weight is 567 g/mol. The Morgan fingerprint density at radius 1 is 0.946 bits per heavy atom. The molecule has 0 radical (unpaired) electrons. The second-order valence-corrected chi connectivity index (χ2v) is 12.2. The Labute approximate surface area is 233 Å². The van der Waals surface area contributed by atoms with Gasteiger partial charge >= 0.3 is 0 Å². The van der Waals surface area contributed by atoms with Gasteiger partial charge in [0, 0.05) is 37.9 Å². The van der Waals surface area contributed by atoms with Crippen molar-refractivity contribution >= 4 is 45.4 Å². The van der Waals surface area contributed by atoms with Crippen molar-refractivity contribution in [2.24, 2.45) is 5.92 Å². The van der Waals surface area contributed by atoms with Gasteiger partial charge in [0.2, 0.25) is 10.0 Å². The van der Waals surface area contributed by atoms with Gasteiger partial charge < -0.3 is 15.4 Å². The first kappa shape index (κ1) is 29.5. The largest absolute Gasteiger partial charge is 0.457 e. The van der Waals surface area contributed by atoms with Crippen molar-refractivity contribution < 1.29 is 13.2 Å². The first-order valence-electron chi connectivity index (χ1n) is 12.9. The molecule has 1 heterocycles. The van der Waals surface area contributed by atoms with Crippen molar-refractivity contribution in [3.05, 3.63) is 54.1 Å². The van der Waals surface area contributed by atoms with Crippen molar-refractivity contribution in [1.29, 1.82) is 0 Å². The van der Waals surface area contributed by atoms with Gasteiger partial charge in [0.05, 0.1) is 6.26 Å². The van der Waals surface area contributed by atoms with Gasteiger partial charge in [-0.3, -0.25) is 9.62 Å². The Bertz CT molecular complexity index is 1080. The van der Waals surface area contributed by atoms with Crippen LogP contribution in [-0.2, 0) is 16.6 Å². The minimum absolute atomic E-state index is 0. The SMILES string of the molecule is CS(=O)(=O)Nc1ccc(Oc2ccc(CN3CCC(NC(=S)NCC4CCCCC4)CC3)cc2)cc1.Cl. The number of hydrogen-bond donors (Lipinski definition) is 3. The number of piperidine rings is 1. The molecule has 204 valence electrons. The molecule has 4 rings (SSSR count). The summed E-state index contributed by atoms with van der Waals surface area (Å²) >= 11 is 5.55. The van der Waals surface area contributed by atoms with Crippen LogP contribution >= 0.6 is 24.6 Å². The molecule has 0 atom stereocenters. The molecule has 2 aliphatic rings. The number of nitrogens with one attached hydrogen (secondary N) is 3. The van der Waals surface area contributed by atoms with Crippen LogP contribution in [0.5, 0.6) is 11.5 Å². The molecule has 1 saturated heterocycles. The van der Waals surface area contributed by atoms with Crippen molar-refractivity contribution in [2.45, 2.75) is 57.5 Å². The lowest BCUT2D eigenvalue weighted by atomic mass is 9.89. The van der Waals surface area contributed by atoms with Crippen molar-refractivity contribution in [3.8, 4) is 11.5 Å². The zero-order chi connectivity index (χ0) is 25.4. The molecule has 7 nitrogen and oxygen atoms in total. The van der Waals surface area contributed by atoms with Gasteiger partial charge in [0.25, 0.3) is 0 Å². The third-order valence-electron chi connectivity index (χ3n) is 6.92. The molecule has 10 heteroatoms. The summed E-state index contributed by atoms with van der Waals surface area (Å²) in [6, 6.07) is 15.5. The lowest BCUT2D eigenvalue weighted by Gasteiger charge is -2.33. The van der Waals surface area contributed by atoms with Gasteiger partial charge in [-0.05, 0) is 85.8 Å². The van der Waals surface area contributed by atoms with Gasteiger partial charge in [-0.1, -0.05) is 31.4 Å². The van der Waals surface area contributed by atoms with Crippen LogP contribution in [0.4, 0.5) is 5.69 Å². The predicted molar refractivity (Wildman–Crippen MR) is 157 cm³/mol. The van der Waals surface area contributed by atoms with E-state index in [4.69, 9.17) is 17.0 Å². The van der Waals surface area contributed by atoms with Gasteiger partial charge in [0.15, 0.2) is 5.11 Å². The van der Waals surface area contributed by atoms with Crippen molar-refractivity contribution in [1.82, 2.24) is 15.5 Å². The molecule has 37 heavy (non-hydrogen) atoms. The fourth-order valence-electron chi connectivity index (χ4n) is 4.96. The molecular weight excluding hydrogens is 528 g/mol. The third kappa shape index (κ3) is 10.3. The zero-order valence-electron chi connectivity index (χ0n) is 21.4. The summed E-state index contributed by atoms with van der Waals surface area (Å²) in [7, 11) is -3.29. The zero-order valence-corrected chi connectivity index (χ0v) is 23.9. The molecule has 1 aliphatic carbocycles. The van der Waals surface area contributed by atoms with E-state index in [0.717, 1.165) is 62.1 Å². The van der Waals surface area contributed by atoms with Crippen LogP contribution < -0.4 is 20.1 Å². The molecule has 2 aromatic rings. The molecule has 0 unspecified atom stereocenters. The predicted octanol–water partition coefficient (Wildman–Crippen LogP) is 5.28. The lowest BCUT2D eigenvalue weighted by molar-refractivity contribution is 0.198. The van der Waals surface area contributed by atoms with Crippen LogP contribution in [-0.4, -0.2) is 50.4 Å². The number of sulfonamides is 1. The molecule has 0 aromatic heterocycles. The molecule has 3 N–H and O–H groups in total. The number of benzene rings is 2. The number of thiocarbonyl (C=S) groups is 1. The maximum atomic E-state index is 11.3. The highest BCUT2D eigenvalue weighted by Gasteiger charge is 2.20. The summed E-state index contributed by atoms with van der Waals surface area (Å²) < 4.78 is 31.0.